The standard InChI is InChI=1S/C15H15FN2O2/c1-18-12-3-5-13(6-4-12)20-9-11-8-10(15(17)19)2-7-14(11)16/h2-8,18H,9H2,1H3,(H2,17,19). The van der Waals surface area contributed by atoms with Gasteiger partial charge in [0.15, 0.2) is 0 Å². The van der Waals surface area contributed by atoms with Crippen molar-refractivity contribution in [3.63, 3.8) is 0 Å². The fourth-order valence-corrected chi connectivity index (χ4v) is 1.72. The van der Waals surface area contributed by atoms with Crippen molar-refractivity contribution in [2.45, 2.75) is 6.61 Å². The van der Waals surface area contributed by atoms with Crippen molar-refractivity contribution in [1.29, 1.82) is 0 Å². The predicted molar refractivity (Wildman–Crippen MR) is 75.2 cm³/mol. The molecule has 0 aliphatic carbocycles. The summed E-state index contributed by atoms with van der Waals surface area (Å²) in [6, 6.07) is 11.2. The molecule has 104 valence electrons. The van der Waals surface area contributed by atoms with Gasteiger partial charge < -0.3 is 15.8 Å². The topological polar surface area (TPSA) is 64.3 Å². The molecular formula is C15H15FN2O2. The van der Waals surface area contributed by atoms with Crippen LogP contribution in [0.4, 0.5) is 10.1 Å². The third kappa shape index (κ3) is 3.26. The van der Waals surface area contributed by atoms with E-state index in [-0.39, 0.29) is 12.2 Å². The second kappa shape index (κ2) is 6.06. The van der Waals surface area contributed by atoms with Crippen LogP contribution >= 0.6 is 0 Å². The van der Waals surface area contributed by atoms with Crippen molar-refractivity contribution < 1.29 is 13.9 Å². The van der Waals surface area contributed by atoms with Gasteiger partial charge in [0.05, 0.1) is 0 Å². The number of halogens is 1. The maximum atomic E-state index is 13.6. The minimum absolute atomic E-state index is 0.0336. The van der Waals surface area contributed by atoms with Gasteiger partial charge in [-0.25, -0.2) is 4.39 Å². The fraction of sp³-hybridized carbons (Fsp3) is 0.133. The molecule has 0 aliphatic heterocycles. The van der Waals surface area contributed by atoms with Crippen LogP contribution in [0.3, 0.4) is 0 Å². The molecule has 20 heavy (non-hydrogen) atoms. The first-order valence-electron chi connectivity index (χ1n) is 6.09. The van der Waals surface area contributed by atoms with E-state index in [1.54, 1.807) is 12.1 Å². The Morgan fingerprint density at radius 1 is 1.25 bits per heavy atom. The molecule has 0 radical (unpaired) electrons. The highest BCUT2D eigenvalue weighted by molar-refractivity contribution is 5.92. The Morgan fingerprint density at radius 2 is 1.95 bits per heavy atom. The lowest BCUT2D eigenvalue weighted by atomic mass is 10.1. The molecule has 2 aromatic rings. The van der Waals surface area contributed by atoms with Crippen LogP contribution in [0.1, 0.15) is 15.9 Å². The molecule has 0 unspecified atom stereocenters. The van der Waals surface area contributed by atoms with Crippen LogP contribution in [0.15, 0.2) is 42.5 Å². The Balaban J connectivity index is 2.09. The first kappa shape index (κ1) is 13.9. The van der Waals surface area contributed by atoms with E-state index in [0.717, 1.165) is 5.69 Å². The number of anilines is 1. The minimum Gasteiger partial charge on any atom is -0.489 e. The Morgan fingerprint density at radius 3 is 2.55 bits per heavy atom. The number of nitrogens with one attached hydrogen (secondary N) is 1. The molecule has 0 fully saturated rings. The van der Waals surface area contributed by atoms with Crippen LogP contribution < -0.4 is 15.8 Å². The molecule has 0 atom stereocenters. The number of ether oxygens (including phenoxy) is 1. The summed E-state index contributed by atoms with van der Waals surface area (Å²) < 4.78 is 19.1. The summed E-state index contributed by atoms with van der Waals surface area (Å²) in [4.78, 5) is 11.1. The molecule has 2 rings (SSSR count). The van der Waals surface area contributed by atoms with Crippen molar-refractivity contribution in [3.8, 4) is 5.75 Å². The highest BCUT2D eigenvalue weighted by Crippen LogP contribution is 2.18. The van der Waals surface area contributed by atoms with Gasteiger partial charge in [0.1, 0.15) is 18.2 Å². The van der Waals surface area contributed by atoms with Crippen LogP contribution in [0.25, 0.3) is 0 Å². The second-order valence-electron chi connectivity index (χ2n) is 4.23. The zero-order valence-corrected chi connectivity index (χ0v) is 11.0. The van der Waals surface area contributed by atoms with Gasteiger partial charge in [0.2, 0.25) is 5.91 Å². The van der Waals surface area contributed by atoms with E-state index in [1.165, 1.54) is 18.2 Å². The first-order chi connectivity index (χ1) is 9.60. The maximum Gasteiger partial charge on any atom is 0.248 e. The Labute approximate surface area is 116 Å². The van der Waals surface area contributed by atoms with E-state index < -0.39 is 11.7 Å². The zero-order chi connectivity index (χ0) is 14.5. The molecule has 1 amide bonds. The number of rotatable bonds is 5. The predicted octanol–water partition coefficient (Wildman–Crippen LogP) is 2.55. The van der Waals surface area contributed by atoms with Crippen molar-refractivity contribution >= 4 is 11.6 Å². The van der Waals surface area contributed by atoms with Crippen molar-refractivity contribution in [3.05, 3.63) is 59.4 Å². The molecule has 0 heterocycles. The van der Waals surface area contributed by atoms with Gasteiger partial charge in [-0.15, -0.1) is 0 Å². The summed E-state index contributed by atoms with van der Waals surface area (Å²) in [7, 11) is 1.82. The summed E-state index contributed by atoms with van der Waals surface area (Å²) in [5.74, 6) is -0.403. The SMILES string of the molecule is CNc1ccc(OCc2cc(C(N)=O)ccc2F)cc1. The van der Waals surface area contributed by atoms with Gasteiger partial charge in [-0.2, -0.15) is 0 Å². The summed E-state index contributed by atoms with van der Waals surface area (Å²) in [5, 5.41) is 2.99. The maximum absolute atomic E-state index is 13.6. The lowest BCUT2D eigenvalue weighted by Crippen LogP contribution is -2.12. The third-order valence-corrected chi connectivity index (χ3v) is 2.87. The number of amides is 1. The van der Waals surface area contributed by atoms with E-state index >= 15 is 0 Å². The third-order valence-electron chi connectivity index (χ3n) is 2.87. The Bertz CT molecular complexity index is 612. The number of hydrogen-bond acceptors (Lipinski definition) is 3. The Kier molecular flexibility index (Phi) is 4.20. The van der Waals surface area contributed by atoms with E-state index in [9.17, 15) is 9.18 Å². The van der Waals surface area contributed by atoms with E-state index in [0.29, 0.717) is 11.3 Å². The number of carbonyl (C=O) groups is 1. The van der Waals surface area contributed by atoms with E-state index in [2.05, 4.69) is 5.32 Å². The van der Waals surface area contributed by atoms with Gasteiger partial charge >= 0.3 is 0 Å². The largest absolute Gasteiger partial charge is 0.489 e. The summed E-state index contributed by atoms with van der Waals surface area (Å²) in [6.45, 7) is 0.0336. The highest BCUT2D eigenvalue weighted by atomic mass is 19.1. The molecule has 3 N–H and O–H groups in total. The lowest BCUT2D eigenvalue weighted by molar-refractivity contribution is 0.1000. The number of carbonyl (C=O) groups excluding carboxylic acids is 1. The van der Waals surface area contributed by atoms with Crippen molar-refractivity contribution in [1.82, 2.24) is 0 Å². The first-order valence-corrected chi connectivity index (χ1v) is 6.09. The van der Waals surface area contributed by atoms with Crippen molar-refractivity contribution in [2.24, 2.45) is 5.73 Å². The molecule has 0 aliphatic rings. The van der Waals surface area contributed by atoms with Crippen LogP contribution in [0.5, 0.6) is 5.75 Å². The van der Waals surface area contributed by atoms with Crippen LogP contribution in [0.2, 0.25) is 0 Å². The molecule has 0 saturated carbocycles. The van der Waals surface area contributed by atoms with Crippen LogP contribution in [-0.2, 0) is 6.61 Å². The van der Waals surface area contributed by atoms with Crippen LogP contribution in [-0.4, -0.2) is 13.0 Å². The molecule has 4 nitrogen and oxygen atoms in total. The lowest BCUT2D eigenvalue weighted by Gasteiger charge is -2.09. The van der Waals surface area contributed by atoms with Gasteiger partial charge in [-0.3, -0.25) is 4.79 Å². The zero-order valence-electron chi connectivity index (χ0n) is 11.0. The van der Waals surface area contributed by atoms with Crippen molar-refractivity contribution in [2.75, 3.05) is 12.4 Å². The Hall–Kier alpha value is -2.56. The fourth-order valence-electron chi connectivity index (χ4n) is 1.72. The second-order valence-corrected chi connectivity index (χ2v) is 4.23. The molecule has 5 heteroatoms. The van der Waals surface area contributed by atoms with Gasteiger partial charge in [0, 0.05) is 23.9 Å². The number of benzene rings is 2. The number of nitrogens with two attached hydrogens (primary N) is 1. The monoisotopic (exact) mass is 274 g/mol. The molecule has 2 aromatic carbocycles. The summed E-state index contributed by atoms with van der Waals surface area (Å²) in [6.07, 6.45) is 0. The van der Waals surface area contributed by atoms with Gasteiger partial charge in [-0.1, -0.05) is 0 Å². The molecule has 0 spiro atoms. The van der Waals surface area contributed by atoms with Crippen LogP contribution in [0, 0.1) is 5.82 Å². The quantitative estimate of drug-likeness (QED) is 0.880. The average molecular weight is 274 g/mol. The molecule has 0 bridgehead atoms. The molecule has 0 saturated heterocycles. The van der Waals surface area contributed by atoms with Gasteiger partial charge in [-0.05, 0) is 42.5 Å². The minimum atomic E-state index is -0.593. The molecule has 0 aromatic heterocycles. The smallest absolute Gasteiger partial charge is 0.248 e. The van der Waals surface area contributed by atoms with E-state index in [4.69, 9.17) is 10.5 Å². The van der Waals surface area contributed by atoms with Gasteiger partial charge in [0.25, 0.3) is 0 Å². The summed E-state index contributed by atoms with van der Waals surface area (Å²) >= 11 is 0. The average Bonchev–Trinajstić information content (AvgIpc) is 2.46. The van der Waals surface area contributed by atoms with E-state index in [1.807, 2.05) is 19.2 Å². The number of primary amides is 1. The number of hydrogen-bond donors (Lipinski definition) is 2. The summed E-state index contributed by atoms with van der Waals surface area (Å²) in [5.41, 5.74) is 6.67. The highest BCUT2D eigenvalue weighted by Gasteiger charge is 2.08. The normalized spacial score (nSPS) is 10.1. The molecular weight excluding hydrogens is 259 g/mol.